The van der Waals surface area contributed by atoms with Gasteiger partial charge in [0.05, 0.1) is 0 Å². The first-order chi connectivity index (χ1) is 27.8. The lowest BCUT2D eigenvalue weighted by Crippen LogP contribution is -2.30. The van der Waals surface area contributed by atoms with Crippen molar-refractivity contribution in [2.45, 2.75) is 285 Å². The summed E-state index contributed by atoms with van der Waals surface area (Å²) in [6, 6.07) is 0. The van der Waals surface area contributed by atoms with E-state index in [0.717, 1.165) is 69.6 Å². The molecule has 0 aromatic carbocycles. The number of unbranched alkanes of at least 4 members (excludes halogenated alkanes) is 29. The first-order valence-corrected chi connectivity index (χ1v) is 25.3. The first-order valence-electron chi connectivity index (χ1n) is 25.3. The summed E-state index contributed by atoms with van der Waals surface area (Å²) in [6.07, 6.45) is 43.8. The van der Waals surface area contributed by atoms with Crippen LogP contribution in [0.4, 0.5) is 0 Å². The fourth-order valence-corrected chi connectivity index (χ4v) is 7.60. The lowest BCUT2D eigenvalue weighted by Gasteiger charge is -2.18. The summed E-state index contributed by atoms with van der Waals surface area (Å²) in [6.45, 7) is 11.3. The molecule has 0 aliphatic rings. The number of carbonyl (C=O) groups excluding carboxylic acids is 3. The molecule has 0 amide bonds. The zero-order valence-electron chi connectivity index (χ0n) is 39.0. The molecule has 0 aliphatic heterocycles. The summed E-state index contributed by atoms with van der Waals surface area (Å²) in [5.74, 6) is 0.775. The minimum Gasteiger partial charge on any atom is -0.462 e. The van der Waals surface area contributed by atoms with E-state index < -0.39 is 6.10 Å². The fourth-order valence-electron chi connectivity index (χ4n) is 7.60. The standard InChI is InChI=1S/C51H98O6/c1-6-8-9-10-11-12-13-14-15-16-17-18-22-25-31-36-41-49(52)55-44-48(45-56-50(53)42-37-32-28-27-29-34-39-46(3)4)57-51(54)43-38-33-26-23-20-19-21-24-30-35-40-47(5)7-2/h46-48H,6-45H2,1-5H3/t47?,48-/m0/s1. The summed E-state index contributed by atoms with van der Waals surface area (Å²) in [7, 11) is 0. The van der Waals surface area contributed by atoms with Crippen LogP contribution in [0.3, 0.4) is 0 Å². The van der Waals surface area contributed by atoms with Gasteiger partial charge in [0.25, 0.3) is 0 Å². The molecule has 6 heteroatoms. The molecule has 0 N–H and O–H groups in total. The summed E-state index contributed by atoms with van der Waals surface area (Å²) in [5.41, 5.74) is 0. The fraction of sp³-hybridized carbons (Fsp3) is 0.941. The Morgan fingerprint density at radius 1 is 0.368 bits per heavy atom. The topological polar surface area (TPSA) is 78.9 Å². The van der Waals surface area contributed by atoms with Crippen molar-refractivity contribution in [3.63, 3.8) is 0 Å². The van der Waals surface area contributed by atoms with E-state index in [-0.39, 0.29) is 31.1 Å². The smallest absolute Gasteiger partial charge is 0.306 e. The molecule has 1 unspecified atom stereocenters. The molecule has 0 radical (unpaired) electrons. The van der Waals surface area contributed by atoms with Crippen LogP contribution in [0.15, 0.2) is 0 Å². The van der Waals surface area contributed by atoms with Crippen molar-refractivity contribution in [2.75, 3.05) is 13.2 Å². The van der Waals surface area contributed by atoms with E-state index in [4.69, 9.17) is 14.2 Å². The van der Waals surface area contributed by atoms with Crippen molar-refractivity contribution in [3.05, 3.63) is 0 Å². The van der Waals surface area contributed by atoms with E-state index in [1.165, 1.54) is 167 Å². The van der Waals surface area contributed by atoms with Crippen LogP contribution in [0.1, 0.15) is 279 Å². The Bertz CT molecular complexity index is 872. The average molecular weight is 807 g/mol. The van der Waals surface area contributed by atoms with Crippen LogP contribution < -0.4 is 0 Å². The molecule has 2 atom stereocenters. The molecule has 338 valence electrons. The molecule has 0 rings (SSSR count). The highest BCUT2D eigenvalue weighted by molar-refractivity contribution is 5.71. The molecule has 0 bridgehead atoms. The van der Waals surface area contributed by atoms with E-state index >= 15 is 0 Å². The Balaban J connectivity index is 4.28. The normalized spacial score (nSPS) is 12.5. The van der Waals surface area contributed by atoms with E-state index in [2.05, 4.69) is 34.6 Å². The molecule has 0 fully saturated rings. The van der Waals surface area contributed by atoms with E-state index in [1.54, 1.807) is 0 Å². The van der Waals surface area contributed by atoms with Gasteiger partial charge in [-0.15, -0.1) is 0 Å². The summed E-state index contributed by atoms with van der Waals surface area (Å²) in [4.78, 5) is 37.8. The predicted octanol–water partition coefficient (Wildman–Crippen LogP) is 16.1. The van der Waals surface area contributed by atoms with Gasteiger partial charge < -0.3 is 14.2 Å². The van der Waals surface area contributed by atoms with Gasteiger partial charge in [-0.25, -0.2) is 0 Å². The number of hydrogen-bond acceptors (Lipinski definition) is 6. The number of esters is 3. The summed E-state index contributed by atoms with van der Waals surface area (Å²) >= 11 is 0. The van der Waals surface area contributed by atoms with Crippen molar-refractivity contribution < 1.29 is 28.6 Å². The quantitative estimate of drug-likeness (QED) is 0.0346. The zero-order chi connectivity index (χ0) is 41.9. The number of ether oxygens (including phenoxy) is 3. The Hall–Kier alpha value is -1.59. The monoisotopic (exact) mass is 807 g/mol. The Morgan fingerprint density at radius 2 is 0.667 bits per heavy atom. The van der Waals surface area contributed by atoms with Gasteiger partial charge in [0.2, 0.25) is 0 Å². The second-order valence-corrected chi connectivity index (χ2v) is 18.2. The van der Waals surface area contributed by atoms with Crippen LogP contribution in [0.5, 0.6) is 0 Å². The SMILES string of the molecule is CCCCCCCCCCCCCCCCCCC(=O)OC[C@@H](COC(=O)CCCCCCCCC(C)C)OC(=O)CCCCCCCCCCCCC(C)CC. The van der Waals surface area contributed by atoms with Gasteiger partial charge in [0.15, 0.2) is 6.10 Å². The van der Waals surface area contributed by atoms with Crippen LogP contribution in [-0.4, -0.2) is 37.2 Å². The number of rotatable bonds is 45. The maximum Gasteiger partial charge on any atom is 0.306 e. The molecule has 0 aliphatic carbocycles. The molecule has 6 nitrogen and oxygen atoms in total. The van der Waals surface area contributed by atoms with Crippen LogP contribution in [0.2, 0.25) is 0 Å². The third-order valence-corrected chi connectivity index (χ3v) is 11.8. The second kappa shape index (κ2) is 44.0. The Labute approximate surface area is 355 Å². The number of carbonyl (C=O) groups is 3. The molecule has 0 saturated heterocycles. The zero-order valence-corrected chi connectivity index (χ0v) is 39.0. The van der Waals surface area contributed by atoms with Crippen molar-refractivity contribution in [2.24, 2.45) is 11.8 Å². The Morgan fingerprint density at radius 3 is 1.00 bits per heavy atom. The minimum absolute atomic E-state index is 0.0648. The molecule has 57 heavy (non-hydrogen) atoms. The van der Waals surface area contributed by atoms with E-state index in [0.29, 0.717) is 19.3 Å². The van der Waals surface area contributed by atoms with Crippen molar-refractivity contribution in [1.82, 2.24) is 0 Å². The molecule has 0 saturated carbocycles. The van der Waals surface area contributed by atoms with E-state index in [9.17, 15) is 14.4 Å². The third-order valence-electron chi connectivity index (χ3n) is 11.8. The average Bonchev–Trinajstić information content (AvgIpc) is 3.19. The van der Waals surface area contributed by atoms with Gasteiger partial charge in [0.1, 0.15) is 13.2 Å². The highest BCUT2D eigenvalue weighted by Gasteiger charge is 2.19. The first kappa shape index (κ1) is 55.4. The van der Waals surface area contributed by atoms with Crippen molar-refractivity contribution in [1.29, 1.82) is 0 Å². The molecular formula is C51H98O6. The van der Waals surface area contributed by atoms with Crippen molar-refractivity contribution >= 4 is 17.9 Å². The van der Waals surface area contributed by atoms with Gasteiger partial charge in [-0.2, -0.15) is 0 Å². The largest absolute Gasteiger partial charge is 0.462 e. The molecule has 0 heterocycles. The summed E-state index contributed by atoms with van der Waals surface area (Å²) in [5, 5.41) is 0. The van der Waals surface area contributed by atoms with E-state index in [1.807, 2.05) is 0 Å². The number of hydrogen-bond donors (Lipinski definition) is 0. The predicted molar refractivity (Wildman–Crippen MR) is 243 cm³/mol. The van der Waals surface area contributed by atoms with Gasteiger partial charge in [-0.1, -0.05) is 240 Å². The van der Waals surface area contributed by atoms with Gasteiger partial charge in [0, 0.05) is 19.3 Å². The molecular weight excluding hydrogens is 709 g/mol. The van der Waals surface area contributed by atoms with Gasteiger partial charge >= 0.3 is 17.9 Å². The van der Waals surface area contributed by atoms with Crippen LogP contribution in [0.25, 0.3) is 0 Å². The highest BCUT2D eigenvalue weighted by atomic mass is 16.6. The molecule has 0 spiro atoms. The summed E-state index contributed by atoms with van der Waals surface area (Å²) < 4.78 is 16.8. The molecule has 0 aromatic heterocycles. The lowest BCUT2D eigenvalue weighted by atomic mass is 9.99. The molecule has 0 aromatic rings. The highest BCUT2D eigenvalue weighted by Crippen LogP contribution is 2.18. The van der Waals surface area contributed by atoms with Crippen LogP contribution in [0, 0.1) is 11.8 Å². The maximum atomic E-state index is 12.8. The van der Waals surface area contributed by atoms with Gasteiger partial charge in [-0.05, 0) is 31.1 Å². The second-order valence-electron chi connectivity index (χ2n) is 18.2. The van der Waals surface area contributed by atoms with Crippen molar-refractivity contribution in [3.8, 4) is 0 Å². The minimum atomic E-state index is -0.762. The lowest BCUT2D eigenvalue weighted by molar-refractivity contribution is -0.167. The van der Waals surface area contributed by atoms with Gasteiger partial charge in [-0.3, -0.25) is 14.4 Å². The third kappa shape index (κ3) is 43.8. The van der Waals surface area contributed by atoms with Crippen LogP contribution in [-0.2, 0) is 28.6 Å². The maximum absolute atomic E-state index is 12.8. The Kier molecular flexibility index (Phi) is 42.7. The van der Waals surface area contributed by atoms with Crippen LogP contribution >= 0.6 is 0 Å².